The number of sulfonamides is 1. The number of hydrogen-bond acceptors (Lipinski definition) is 5. The number of rotatable bonds is 7. The molecule has 0 fully saturated rings. The van der Waals surface area contributed by atoms with Crippen LogP contribution >= 0.6 is 0 Å². The summed E-state index contributed by atoms with van der Waals surface area (Å²) in [6.45, 7) is 5.79. The minimum Gasteiger partial charge on any atom is -0.272 e. The van der Waals surface area contributed by atoms with Gasteiger partial charge in [-0.1, -0.05) is 29.8 Å². The summed E-state index contributed by atoms with van der Waals surface area (Å²) in [5.74, 6) is -1.18. The van der Waals surface area contributed by atoms with Crippen LogP contribution in [0.25, 0.3) is 0 Å². The molecule has 0 aliphatic carbocycles. The van der Waals surface area contributed by atoms with Crippen molar-refractivity contribution in [3.8, 4) is 0 Å². The minimum absolute atomic E-state index is 0.0897. The molecular weight excluding hydrogens is 442 g/mol. The number of amides is 2. The van der Waals surface area contributed by atoms with Crippen LogP contribution in [0.15, 0.2) is 59.5 Å². The summed E-state index contributed by atoms with van der Waals surface area (Å²) < 4.78 is 28.0. The van der Waals surface area contributed by atoms with Gasteiger partial charge < -0.3 is 0 Å². The standard InChI is InChI=1S/C23H27N5O4S/c1-16-8-10-21(11-9-16)33(31,32)27(4)15-22(29)24-25-23(30)20-7-5-6-19(13-20)14-28-18(3)12-17(2)26-28/h5-13H,14-15H2,1-4H3,(H,24,29)(H,25,30). The lowest BCUT2D eigenvalue weighted by Gasteiger charge is -2.17. The van der Waals surface area contributed by atoms with Gasteiger partial charge in [0.2, 0.25) is 10.0 Å². The van der Waals surface area contributed by atoms with E-state index in [0.29, 0.717) is 12.1 Å². The molecule has 0 aliphatic rings. The Hall–Kier alpha value is -3.50. The molecule has 2 aromatic carbocycles. The Morgan fingerprint density at radius 2 is 1.70 bits per heavy atom. The zero-order valence-corrected chi connectivity index (χ0v) is 19.8. The van der Waals surface area contributed by atoms with Gasteiger partial charge in [-0.25, -0.2) is 8.42 Å². The number of nitrogens with one attached hydrogen (secondary N) is 2. The van der Waals surface area contributed by atoms with Gasteiger partial charge in [0.05, 0.1) is 23.7 Å². The van der Waals surface area contributed by atoms with E-state index in [0.717, 1.165) is 26.8 Å². The van der Waals surface area contributed by atoms with Crippen molar-refractivity contribution in [2.24, 2.45) is 0 Å². The third-order valence-corrected chi connectivity index (χ3v) is 6.85. The van der Waals surface area contributed by atoms with Gasteiger partial charge in [-0.3, -0.25) is 25.1 Å². The molecule has 0 spiro atoms. The van der Waals surface area contributed by atoms with Gasteiger partial charge in [0.15, 0.2) is 0 Å². The molecule has 2 N–H and O–H groups in total. The van der Waals surface area contributed by atoms with Crippen LogP contribution in [0.1, 0.15) is 32.9 Å². The third kappa shape index (κ3) is 6.05. The fraction of sp³-hybridized carbons (Fsp3) is 0.261. The number of nitrogens with zero attached hydrogens (tertiary/aromatic N) is 3. The van der Waals surface area contributed by atoms with Crippen LogP contribution in [-0.2, 0) is 21.4 Å². The van der Waals surface area contributed by atoms with Crippen LogP contribution in [0, 0.1) is 20.8 Å². The zero-order valence-electron chi connectivity index (χ0n) is 19.0. The number of carbonyl (C=O) groups is 2. The topological polar surface area (TPSA) is 113 Å². The Bertz CT molecular complexity index is 1270. The molecule has 3 rings (SSSR count). The van der Waals surface area contributed by atoms with Crippen molar-refractivity contribution in [3.05, 3.63) is 82.7 Å². The van der Waals surface area contributed by atoms with Gasteiger partial charge in [-0.05, 0) is 56.7 Å². The summed E-state index contributed by atoms with van der Waals surface area (Å²) in [7, 11) is -2.52. The van der Waals surface area contributed by atoms with Crippen molar-refractivity contribution < 1.29 is 18.0 Å². The number of benzene rings is 2. The Morgan fingerprint density at radius 1 is 1.00 bits per heavy atom. The number of aryl methyl sites for hydroxylation is 3. The molecule has 0 bridgehead atoms. The first-order valence-electron chi connectivity index (χ1n) is 10.3. The predicted molar refractivity (Wildman–Crippen MR) is 124 cm³/mol. The summed E-state index contributed by atoms with van der Waals surface area (Å²) >= 11 is 0. The maximum atomic E-state index is 12.6. The molecule has 1 aromatic heterocycles. The SMILES string of the molecule is Cc1ccc(S(=O)(=O)N(C)CC(=O)NNC(=O)c2cccc(Cn3nc(C)cc3C)c2)cc1. The summed E-state index contributed by atoms with van der Waals surface area (Å²) in [4.78, 5) is 24.8. The number of hydrogen-bond donors (Lipinski definition) is 2. The van der Waals surface area contributed by atoms with Crippen LogP contribution < -0.4 is 10.9 Å². The first-order chi connectivity index (χ1) is 15.6. The maximum absolute atomic E-state index is 12.6. The van der Waals surface area contributed by atoms with E-state index in [2.05, 4.69) is 16.0 Å². The molecule has 1 heterocycles. The molecule has 0 aliphatic heterocycles. The van der Waals surface area contributed by atoms with Crippen LogP contribution in [0.3, 0.4) is 0 Å². The Labute approximate surface area is 193 Å². The van der Waals surface area contributed by atoms with Gasteiger partial charge in [-0.2, -0.15) is 9.40 Å². The smallest absolute Gasteiger partial charge is 0.269 e. The van der Waals surface area contributed by atoms with E-state index in [9.17, 15) is 18.0 Å². The molecule has 0 atom stereocenters. The van der Waals surface area contributed by atoms with Crippen LogP contribution in [0.2, 0.25) is 0 Å². The fourth-order valence-electron chi connectivity index (χ4n) is 3.23. The summed E-state index contributed by atoms with van der Waals surface area (Å²) in [6, 6.07) is 15.3. The second-order valence-electron chi connectivity index (χ2n) is 7.86. The van der Waals surface area contributed by atoms with Crippen molar-refractivity contribution in [1.82, 2.24) is 24.9 Å². The van der Waals surface area contributed by atoms with Gasteiger partial charge >= 0.3 is 0 Å². The molecule has 0 unspecified atom stereocenters. The van der Waals surface area contributed by atoms with Crippen molar-refractivity contribution in [2.75, 3.05) is 13.6 Å². The molecule has 10 heteroatoms. The van der Waals surface area contributed by atoms with Crippen molar-refractivity contribution >= 4 is 21.8 Å². The summed E-state index contributed by atoms with van der Waals surface area (Å²) in [5.41, 5.74) is 8.68. The highest BCUT2D eigenvalue weighted by atomic mass is 32.2. The number of likely N-dealkylation sites (N-methyl/N-ethyl adjacent to an activating group) is 1. The lowest BCUT2D eigenvalue weighted by Crippen LogP contribution is -2.46. The molecule has 3 aromatic rings. The minimum atomic E-state index is -3.83. The normalized spacial score (nSPS) is 11.4. The molecule has 174 valence electrons. The van der Waals surface area contributed by atoms with Gasteiger partial charge in [0, 0.05) is 18.3 Å². The highest BCUT2D eigenvalue weighted by Crippen LogP contribution is 2.14. The highest BCUT2D eigenvalue weighted by Gasteiger charge is 2.23. The number of hydrazine groups is 1. The Kier molecular flexibility index (Phi) is 7.29. The monoisotopic (exact) mass is 469 g/mol. The molecule has 9 nitrogen and oxygen atoms in total. The third-order valence-electron chi connectivity index (χ3n) is 5.04. The Balaban J connectivity index is 1.57. The van der Waals surface area contributed by atoms with E-state index in [1.54, 1.807) is 30.3 Å². The van der Waals surface area contributed by atoms with E-state index in [1.807, 2.05) is 37.6 Å². The van der Waals surface area contributed by atoms with E-state index in [-0.39, 0.29) is 4.90 Å². The van der Waals surface area contributed by atoms with Crippen LogP contribution in [0.5, 0.6) is 0 Å². The van der Waals surface area contributed by atoms with E-state index in [1.165, 1.54) is 19.2 Å². The predicted octanol–water partition coefficient (Wildman–Crippen LogP) is 1.94. The Morgan fingerprint density at radius 3 is 2.33 bits per heavy atom. The average molecular weight is 470 g/mol. The maximum Gasteiger partial charge on any atom is 0.269 e. The first-order valence-corrected chi connectivity index (χ1v) is 11.7. The van der Waals surface area contributed by atoms with Crippen LogP contribution in [0.4, 0.5) is 0 Å². The fourth-order valence-corrected chi connectivity index (χ4v) is 4.36. The molecule has 0 radical (unpaired) electrons. The highest BCUT2D eigenvalue weighted by molar-refractivity contribution is 7.89. The molecule has 0 saturated carbocycles. The van der Waals surface area contributed by atoms with Crippen molar-refractivity contribution in [1.29, 1.82) is 0 Å². The van der Waals surface area contributed by atoms with E-state index < -0.39 is 28.4 Å². The summed E-state index contributed by atoms with van der Waals surface area (Å²) in [6.07, 6.45) is 0. The zero-order chi connectivity index (χ0) is 24.2. The molecular formula is C23H27N5O4S. The van der Waals surface area contributed by atoms with Crippen molar-refractivity contribution in [3.63, 3.8) is 0 Å². The number of aromatic nitrogens is 2. The number of carbonyl (C=O) groups excluding carboxylic acids is 2. The first kappa shape index (κ1) is 24.1. The van der Waals surface area contributed by atoms with Gasteiger partial charge in [-0.15, -0.1) is 0 Å². The lowest BCUT2D eigenvalue weighted by molar-refractivity contribution is -0.121. The van der Waals surface area contributed by atoms with E-state index >= 15 is 0 Å². The van der Waals surface area contributed by atoms with Gasteiger partial charge in [0.25, 0.3) is 11.8 Å². The van der Waals surface area contributed by atoms with Gasteiger partial charge in [0.1, 0.15) is 0 Å². The van der Waals surface area contributed by atoms with Crippen molar-refractivity contribution in [2.45, 2.75) is 32.2 Å². The molecule has 0 saturated heterocycles. The summed E-state index contributed by atoms with van der Waals surface area (Å²) in [5, 5.41) is 4.42. The largest absolute Gasteiger partial charge is 0.272 e. The van der Waals surface area contributed by atoms with E-state index in [4.69, 9.17) is 0 Å². The molecule has 33 heavy (non-hydrogen) atoms. The average Bonchev–Trinajstić information content (AvgIpc) is 3.08. The second kappa shape index (κ2) is 9.97. The lowest BCUT2D eigenvalue weighted by atomic mass is 10.1. The quantitative estimate of drug-likeness (QED) is 0.514. The second-order valence-corrected chi connectivity index (χ2v) is 9.91. The van der Waals surface area contributed by atoms with Crippen LogP contribution in [-0.4, -0.2) is 47.9 Å². The molecule has 2 amide bonds.